The Morgan fingerprint density at radius 2 is 2.18 bits per heavy atom. The minimum absolute atomic E-state index is 0.302. The van der Waals surface area contributed by atoms with Gasteiger partial charge < -0.3 is 5.11 Å². The Morgan fingerprint density at radius 1 is 1.45 bits per heavy atom. The molecule has 1 nitrogen and oxygen atoms in total. The monoisotopic (exact) mass is 170 g/mol. The fourth-order valence-electron chi connectivity index (χ4n) is 1.18. The van der Waals surface area contributed by atoms with E-state index in [0.717, 1.165) is 12.8 Å². The van der Waals surface area contributed by atoms with Crippen molar-refractivity contribution in [2.45, 2.75) is 26.7 Å². The number of rotatable bonds is 3. The first-order chi connectivity index (χ1) is 5.24. The minimum atomic E-state index is 0.302. The molecule has 1 rings (SSSR count). The molecule has 1 aromatic rings. The second kappa shape index (κ2) is 3.88. The highest BCUT2D eigenvalue weighted by molar-refractivity contribution is 7.12. The van der Waals surface area contributed by atoms with E-state index in [2.05, 4.69) is 19.9 Å². The van der Waals surface area contributed by atoms with Gasteiger partial charge in [-0.2, -0.15) is 0 Å². The maximum atomic E-state index is 8.63. The van der Waals surface area contributed by atoms with Crippen molar-refractivity contribution >= 4 is 11.3 Å². The summed E-state index contributed by atoms with van der Waals surface area (Å²) in [7, 11) is 0. The van der Waals surface area contributed by atoms with Crippen LogP contribution in [0.4, 0.5) is 0 Å². The lowest BCUT2D eigenvalue weighted by Crippen LogP contribution is -1.87. The lowest BCUT2D eigenvalue weighted by molar-refractivity contribution is 0.289. The molecule has 0 aromatic carbocycles. The zero-order chi connectivity index (χ0) is 8.27. The zero-order valence-corrected chi connectivity index (χ0v) is 7.87. The number of aryl methyl sites for hydroxylation is 3. The van der Waals surface area contributed by atoms with Crippen LogP contribution in [0.5, 0.6) is 0 Å². The first kappa shape index (κ1) is 8.75. The van der Waals surface area contributed by atoms with Crippen LogP contribution in [0.25, 0.3) is 0 Å². The van der Waals surface area contributed by atoms with Crippen molar-refractivity contribution < 1.29 is 5.11 Å². The number of thiophene rings is 1. The van der Waals surface area contributed by atoms with Gasteiger partial charge in [0.1, 0.15) is 0 Å². The van der Waals surface area contributed by atoms with Crippen LogP contribution >= 0.6 is 11.3 Å². The van der Waals surface area contributed by atoms with Gasteiger partial charge >= 0.3 is 0 Å². The SMILES string of the molecule is Cc1cc(C)c(CCCO)s1. The predicted octanol–water partition coefficient (Wildman–Crippen LogP) is 2.29. The molecule has 0 saturated carbocycles. The van der Waals surface area contributed by atoms with E-state index in [9.17, 15) is 0 Å². The van der Waals surface area contributed by atoms with Crippen LogP contribution in [-0.4, -0.2) is 11.7 Å². The molecule has 62 valence electrons. The molecule has 0 unspecified atom stereocenters. The lowest BCUT2D eigenvalue weighted by Gasteiger charge is -1.95. The summed E-state index contributed by atoms with van der Waals surface area (Å²) < 4.78 is 0. The largest absolute Gasteiger partial charge is 0.396 e. The van der Waals surface area contributed by atoms with E-state index in [1.807, 2.05) is 11.3 Å². The van der Waals surface area contributed by atoms with Crippen molar-refractivity contribution in [2.24, 2.45) is 0 Å². The Kier molecular flexibility index (Phi) is 3.09. The number of hydrogen-bond acceptors (Lipinski definition) is 2. The molecule has 0 aliphatic carbocycles. The molecule has 0 fully saturated rings. The van der Waals surface area contributed by atoms with Gasteiger partial charge in [0.05, 0.1) is 0 Å². The van der Waals surface area contributed by atoms with Crippen LogP contribution in [0.15, 0.2) is 6.07 Å². The van der Waals surface area contributed by atoms with Crippen LogP contribution in [-0.2, 0) is 6.42 Å². The number of aliphatic hydroxyl groups excluding tert-OH is 1. The standard InChI is InChI=1S/C9H14OS/c1-7-6-8(2)11-9(7)4-3-5-10/h6,10H,3-5H2,1-2H3. The molecule has 0 aliphatic heterocycles. The Balaban J connectivity index is 2.62. The van der Waals surface area contributed by atoms with Gasteiger partial charge in [0.2, 0.25) is 0 Å². The summed E-state index contributed by atoms with van der Waals surface area (Å²) in [5.41, 5.74) is 1.38. The van der Waals surface area contributed by atoms with Gasteiger partial charge in [-0.05, 0) is 38.3 Å². The third kappa shape index (κ3) is 2.31. The first-order valence-electron chi connectivity index (χ1n) is 3.91. The Hall–Kier alpha value is -0.340. The normalized spacial score (nSPS) is 10.5. The van der Waals surface area contributed by atoms with E-state index in [1.165, 1.54) is 15.3 Å². The lowest BCUT2D eigenvalue weighted by atomic mass is 10.2. The quantitative estimate of drug-likeness (QED) is 0.738. The Labute approximate surface area is 71.7 Å². The molecule has 1 aromatic heterocycles. The smallest absolute Gasteiger partial charge is 0.0434 e. The summed E-state index contributed by atoms with van der Waals surface area (Å²) >= 11 is 1.84. The van der Waals surface area contributed by atoms with Crippen molar-refractivity contribution in [3.63, 3.8) is 0 Å². The maximum Gasteiger partial charge on any atom is 0.0434 e. The van der Waals surface area contributed by atoms with E-state index in [-0.39, 0.29) is 0 Å². The van der Waals surface area contributed by atoms with Crippen LogP contribution < -0.4 is 0 Å². The van der Waals surface area contributed by atoms with Gasteiger partial charge in [-0.1, -0.05) is 0 Å². The van der Waals surface area contributed by atoms with Crippen LogP contribution in [0.2, 0.25) is 0 Å². The molecule has 11 heavy (non-hydrogen) atoms. The molecule has 1 heterocycles. The summed E-state index contributed by atoms with van der Waals surface area (Å²) in [4.78, 5) is 2.80. The predicted molar refractivity (Wildman–Crippen MR) is 49.2 cm³/mol. The summed E-state index contributed by atoms with van der Waals surface area (Å²) in [6.45, 7) is 4.56. The Bertz CT molecular complexity index is 227. The van der Waals surface area contributed by atoms with Crippen LogP contribution in [0.1, 0.15) is 21.7 Å². The summed E-state index contributed by atoms with van der Waals surface area (Å²) in [6, 6.07) is 2.21. The van der Waals surface area contributed by atoms with Gasteiger partial charge in [-0.25, -0.2) is 0 Å². The zero-order valence-electron chi connectivity index (χ0n) is 7.05. The highest BCUT2D eigenvalue weighted by Gasteiger charge is 2.01. The highest BCUT2D eigenvalue weighted by Crippen LogP contribution is 2.21. The second-order valence-electron chi connectivity index (χ2n) is 2.79. The van der Waals surface area contributed by atoms with Gasteiger partial charge in [-0.15, -0.1) is 11.3 Å². The van der Waals surface area contributed by atoms with Crippen molar-refractivity contribution in [3.8, 4) is 0 Å². The number of aliphatic hydroxyl groups is 1. The third-order valence-corrected chi connectivity index (χ3v) is 2.92. The number of hydrogen-bond donors (Lipinski definition) is 1. The van der Waals surface area contributed by atoms with Crippen LogP contribution in [0, 0.1) is 13.8 Å². The van der Waals surface area contributed by atoms with Gasteiger partial charge in [-0.3, -0.25) is 0 Å². The van der Waals surface area contributed by atoms with Crippen molar-refractivity contribution in [3.05, 3.63) is 21.4 Å². The van der Waals surface area contributed by atoms with E-state index >= 15 is 0 Å². The van der Waals surface area contributed by atoms with E-state index in [1.54, 1.807) is 0 Å². The summed E-state index contributed by atoms with van der Waals surface area (Å²) in [5, 5.41) is 8.63. The second-order valence-corrected chi connectivity index (χ2v) is 4.13. The third-order valence-electron chi connectivity index (χ3n) is 1.71. The first-order valence-corrected chi connectivity index (χ1v) is 4.72. The average Bonchev–Trinajstić information content (AvgIpc) is 2.26. The summed E-state index contributed by atoms with van der Waals surface area (Å²) in [5.74, 6) is 0. The van der Waals surface area contributed by atoms with Crippen molar-refractivity contribution in [1.29, 1.82) is 0 Å². The van der Waals surface area contributed by atoms with Gasteiger partial charge in [0.15, 0.2) is 0 Å². The molecular weight excluding hydrogens is 156 g/mol. The van der Waals surface area contributed by atoms with Gasteiger partial charge in [0, 0.05) is 16.4 Å². The molecule has 0 radical (unpaired) electrons. The highest BCUT2D eigenvalue weighted by atomic mass is 32.1. The molecule has 0 spiro atoms. The van der Waals surface area contributed by atoms with Gasteiger partial charge in [0.25, 0.3) is 0 Å². The molecular formula is C9H14OS. The van der Waals surface area contributed by atoms with Crippen LogP contribution in [0.3, 0.4) is 0 Å². The van der Waals surface area contributed by atoms with E-state index < -0.39 is 0 Å². The minimum Gasteiger partial charge on any atom is -0.396 e. The average molecular weight is 170 g/mol. The van der Waals surface area contributed by atoms with Crippen molar-refractivity contribution in [1.82, 2.24) is 0 Å². The maximum absolute atomic E-state index is 8.63. The van der Waals surface area contributed by atoms with E-state index in [0.29, 0.717) is 6.61 Å². The van der Waals surface area contributed by atoms with Crippen molar-refractivity contribution in [2.75, 3.05) is 6.61 Å². The Morgan fingerprint density at radius 3 is 2.64 bits per heavy atom. The van der Waals surface area contributed by atoms with E-state index in [4.69, 9.17) is 5.11 Å². The molecule has 0 atom stereocenters. The summed E-state index contributed by atoms with van der Waals surface area (Å²) in [6.07, 6.45) is 1.92. The molecule has 0 bridgehead atoms. The fourth-order valence-corrected chi connectivity index (χ4v) is 2.27. The molecule has 0 saturated heterocycles. The molecule has 0 aliphatic rings. The fraction of sp³-hybridized carbons (Fsp3) is 0.556. The molecule has 1 N–H and O–H groups in total. The molecule has 0 amide bonds. The topological polar surface area (TPSA) is 20.2 Å². The molecule has 2 heteroatoms.